The van der Waals surface area contributed by atoms with Gasteiger partial charge in [0, 0.05) is 24.5 Å². The van der Waals surface area contributed by atoms with Crippen LogP contribution in [0.15, 0.2) is 53.3 Å². The van der Waals surface area contributed by atoms with Crippen molar-refractivity contribution in [1.29, 1.82) is 0 Å². The Bertz CT molecular complexity index is 833. The van der Waals surface area contributed by atoms with E-state index in [4.69, 9.17) is 9.26 Å². The smallest absolute Gasteiger partial charge is 0.244 e. The molecule has 4 rings (SSSR count). The Hall–Kier alpha value is -2.73. The van der Waals surface area contributed by atoms with Crippen molar-refractivity contribution < 1.29 is 9.26 Å². The molecule has 6 nitrogen and oxygen atoms in total. The van der Waals surface area contributed by atoms with Gasteiger partial charge in [-0.05, 0) is 49.2 Å². The number of benzene rings is 1. The van der Waals surface area contributed by atoms with Crippen LogP contribution in [-0.2, 0) is 6.54 Å². The lowest BCUT2D eigenvalue weighted by atomic mass is 10.0. The average molecular weight is 350 g/mol. The first-order valence-corrected chi connectivity index (χ1v) is 8.94. The maximum absolute atomic E-state index is 5.61. The summed E-state index contributed by atoms with van der Waals surface area (Å²) in [6, 6.07) is 12.2. The number of likely N-dealkylation sites (tertiary alicyclic amines) is 1. The van der Waals surface area contributed by atoms with E-state index in [-0.39, 0.29) is 6.04 Å². The number of piperidine rings is 1. The third kappa shape index (κ3) is 3.60. The Morgan fingerprint density at radius 2 is 2.08 bits per heavy atom. The molecule has 1 aromatic carbocycles. The molecule has 0 saturated carbocycles. The van der Waals surface area contributed by atoms with Crippen LogP contribution >= 0.6 is 0 Å². The fourth-order valence-corrected chi connectivity index (χ4v) is 3.41. The van der Waals surface area contributed by atoms with Gasteiger partial charge in [0.05, 0.1) is 13.2 Å². The average Bonchev–Trinajstić information content (AvgIpc) is 3.20. The second-order valence-electron chi connectivity index (χ2n) is 6.53. The number of aromatic nitrogens is 3. The van der Waals surface area contributed by atoms with Crippen molar-refractivity contribution >= 4 is 0 Å². The molecule has 1 aliphatic heterocycles. The summed E-state index contributed by atoms with van der Waals surface area (Å²) < 4.78 is 10.9. The van der Waals surface area contributed by atoms with Gasteiger partial charge < -0.3 is 9.26 Å². The van der Waals surface area contributed by atoms with Crippen LogP contribution in [0.4, 0.5) is 0 Å². The van der Waals surface area contributed by atoms with E-state index >= 15 is 0 Å². The first-order valence-electron chi connectivity index (χ1n) is 8.94. The second-order valence-corrected chi connectivity index (χ2v) is 6.53. The molecule has 2 aromatic heterocycles. The van der Waals surface area contributed by atoms with Crippen LogP contribution in [0, 0.1) is 0 Å². The minimum absolute atomic E-state index is 0.156. The van der Waals surface area contributed by atoms with Crippen molar-refractivity contribution in [2.45, 2.75) is 31.8 Å². The molecule has 134 valence electrons. The summed E-state index contributed by atoms with van der Waals surface area (Å²) in [6.45, 7) is 1.89. The van der Waals surface area contributed by atoms with E-state index in [0.29, 0.717) is 11.7 Å². The van der Waals surface area contributed by atoms with Crippen molar-refractivity contribution in [3.8, 4) is 17.1 Å². The summed E-state index contributed by atoms with van der Waals surface area (Å²) in [5.74, 6) is 2.17. The monoisotopic (exact) mass is 350 g/mol. The van der Waals surface area contributed by atoms with E-state index in [1.807, 2.05) is 24.3 Å². The van der Waals surface area contributed by atoms with E-state index in [2.05, 4.69) is 32.2 Å². The lowest BCUT2D eigenvalue weighted by molar-refractivity contribution is 0.111. The zero-order valence-corrected chi connectivity index (χ0v) is 14.8. The zero-order chi connectivity index (χ0) is 17.8. The molecule has 0 bridgehead atoms. The van der Waals surface area contributed by atoms with Gasteiger partial charge in [-0.3, -0.25) is 9.88 Å². The highest BCUT2D eigenvalue weighted by molar-refractivity contribution is 5.51. The molecule has 0 spiro atoms. The van der Waals surface area contributed by atoms with Crippen molar-refractivity contribution in [1.82, 2.24) is 20.0 Å². The van der Waals surface area contributed by atoms with Gasteiger partial charge in [0.1, 0.15) is 5.75 Å². The quantitative estimate of drug-likeness (QED) is 0.696. The molecule has 1 atom stereocenters. The number of hydrogen-bond acceptors (Lipinski definition) is 6. The minimum Gasteiger partial charge on any atom is -0.497 e. The lowest BCUT2D eigenvalue weighted by Crippen LogP contribution is -2.33. The molecular weight excluding hydrogens is 328 g/mol. The Morgan fingerprint density at radius 3 is 2.85 bits per heavy atom. The lowest BCUT2D eigenvalue weighted by Gasteiger charge is -2.33. The topological polar surface area (TPSA) is 64.3 Å². The normalized spacial score (nSPS) is 18.0. The van der Waals surface area contributed by atoms with Crippen LogP contribution in [-0.4, -0.2) is 33.7 Å². The summed E-state index contributed by atoms with van der Waals surface area (Å²) >= 11 is 0. The molecule has 1 aliphatic rings. The highest BCUT2D eigenvalue weighted by Crippen LogP contribution is 2.32. The van der Waals surface area contributed by atoms with E-state index in [1.165, 1.54) is 18.4 Å². The third-order valence-electron chi connectivity index (χ3n) is 4.80. The van der Waals surface area contributed by atoms with Gasteiger partial charge in [0.15, 0.2) is 0 Å². The van der Waals surface area contributed by atoms with Crippen LogP contribution in [0.3, 0.4) is 0 Å². The van der Waals surface area contributed by atoms with Crippen molar-refractivity contribution in [2.24, 2.45) is 0 Å². The van der Waals surface area contributed by atoms with Gasteiger partial charge in [0.25, 0.3) is 0 Å². The summed E-state index contributed by atoms with van der Waals surface area (Å²) in [6.07, 6.45) is 6.89. The van der Waals surface area contributed by atoms with Crippen LogP contribution in [0.1, 0.15) is 36.8 Å². The van der Waals surface area contributed by atoms with Crippen LogP contribution in [0.2, 0.25) is 0 Å². The van der Waals surface area contributed by atoms with Gasteiger partial charge in [-0.25, -0.2) is 0 Å². The third-order valence-corrected chi connectivity index (χ3v) is 4.80. The molecule has 0 unspecified atom stereocenters. The summed E-state index contributed by atoms with van der Waals surface area (Å²) in [7, 11) is 1.69. The van der Waals surface area contributed by atoms with E-state index in [9.17, 15) is 0 Å². The van der Waals surface area contributed by atoms with Crippen LogP contribution in [0.5, 0.6) is 5.75 Å². The zero-order valence-electron chi connectivity index (χ0n) is 14.8. The predicted octanol–water partition coefficient (Wildman–Crippen LogP) is 3.87. The molecule has 0 radical (unpaired) electrons. The number of nitrogens with zero attached hydrogens (tertiary/aromatic N) is 4. The molecule has 1 saturated heterocycles. The summed E-state index contributed by atoms with van der Waals surface area (Å²) in [4.78, 5) is 11.2. The Labute approximate surface area is 152 Å². The largest absolute Gasteiger partial charge is 0.497 e. The first-order chi connectivity index (χ1) is 12.8. The van der Waals surface area contributed by atoms with Crippen molar-refractivity contribution in [3.05, 3.63) is 60.2 Å². The maximum Gasteiger partial charge on any atom is 0.244 e. The van der Waals surface area contributed by atoms with Gasteiger partial charge in [0.2, 0.25) is 11.7 Å². The van der Waals surface area contributed by atoms with Crippen LogP contribution in [0.25, 0.3) is 11.4 Å². The highest BCUT2D eigenvalue weighted by atomic mass is 16.5. The fraction of sp³-hybridized carbons (Fsp3) is 0.350. The summed E-state index contributed by atoms with van der Waals surface area (Å²) in [5.41, 5.74) is 2.13. The Kier molecular flexibility index (Phi) is 4.93. The molecule has 6 heteroatoms. The number of methoxy groups -OCH3 is 1. The first kappa shape index (κ1) is 16.7. The van der Waals surface area contributed by atoms with Gasteiger partial charge in [-0.2, -0.15) is 4.98 Å². The molecule has 26 heavy (non-hydrogen) atoms. The van der Waals surface area contributed by atoms with E-state index in [0.717, 1.165) is 30.8 Å². The second kappa shape index (κ2) is 7.66. The van der Waals surface area contributed by atoms with E-state index < -0.39 is 0 Å². The van der Waals surface area contributed by atoms with Gasteiger partial charge in [-0.15, -0.1) is 0 Å². The van der Waals surface area contributed by atoms with Crippen molar-refractivity contribution in [3.63, 3.8) is 0 Å². The van der Waals surface area contributed by atoms with Gasteiger partial charge >= 0.3 is 0 Å². The Morgan fingerprint density at radius 1 is 1.19 bits per heavy atom. The number of ether oxygens (including phenoxy) is 1. The molecule has 1 fully saturated rings. The fourth-order valence-electron chi connectivity index (χ4n) is 3.41. The molecule has 0 N–H and O–H groups in total. The predicted molar refractivity (Wildman–Crippen MR) is 97.5 cm³/mol. The van der Waals surface area contributed by atoms with Crippen molar-refractivity contribution in [2.75, 3.05) is 13.7 Å². The standard InChI is InChI=1S/C20H22N4O2/c1-25-17-9-7-15(8-10-17)14-24-12-3-2-6-18(24)20-22-19(23-26-20)16-5-4-11-21-13-16/h4-5,7-11,13,18H,2-3,6,12,14H2,1H3/t18-/m0/s1. The maximum atomic E-state index is 5.61. The Balaban J connectivity index is 1.53. The number of pyridine rings is 1. The molecular formula is C20H22N4O2. The minimum atomic E-state index is 0.156. The molecule has 3 heterocycles. The molecule has 0 aliphatic carbocycles. The molecule has 0 amide bonds. The molecule has 3 aromatic rings. The highest BCUT2D eigenvalue weighted by Gasteiger charge is 2.29. The van der Waals surface area contributed by atoms with E-state index in [1.54, 1.807) is 19.5 Å². The summed E-state index contributed by atoms with van der Waals surface area (Å²) in [5, 5.41) is 4.16. The number of rotatable bonds is 5. The van der Waals surface area contributed by atoms with Crippen LogP contribution < -0.4 is 4.74 Å². The van der Waals surface area contributed by atoms with Gasteiger partial charge in [-0.1, -0.05) is 23.7 Å². The SMILES string of the molecule is COc1ccc(CN2CCCC[C@H]2c2nc(-c3cccnc3)no2)cc1. The number of hydrogen-bond donors (Lipinski definition) is 0.